The molecule has 1 rings (SSSR count). The summed E-state index contributed by atoms with van der Waals surface area (Å²) >= 11 is 0. The highest BCUT2D eigenvalue weighted by atomic mass is 16.6. The molecule has 25 heavy (non-hydrogen) atoms. The van der Waals surface area contributed by atoms with Gasteiger partial charge in [0.05, 0.1) is 0 Å². The lowest BCUT2D eigenvalue weighted by molar-refractivity contribution is -0.760. The molecule has 1 N–H and O–H groups in total. The fourth-order valence-electron chi connectivity index (χ4n) is 3.85. The van der Waals surface area contributed by atoms with E-state index in [0.717, 1.165) is 12.8 Å². The molecule has 0 atom stereocenters. The number of rotatable bonds is 4. The highest BCUT2D eigenvalue weighted by molar-refractivity contribution is 5.50. The van der Waals surface area contributed by atoms with E-state index in [2.05, 4.69) is 97.1 Å². The summed E-state index contributed by atoms with van der Waals surface area (Å²) in [6.07, 6.45) is 6.99. The molecule has 0 unspecified atom stereocenters. The topological polar surface area (TPSA) is 69.2 Å². The van der Waals surface area contributed by atoms with Crippen molar-refractivity contribution in [2.75, 3.05) is 0 Å². The van der Waals surface area contributed by atoms with Crippen molar-refractivity contribution < 1.29 is 19.6 Å². The van der Waals surface area contributed by atoms with Crippen LogP contribution >= 0.6 is 0 Å². The van der Waals surface area contributed by atoms with Crippen LogP contribution in [-0.4, -0.2) is 15.8 Å². The molecule has 5 heteroatoms. The fraction of sp³-hybridized carbons (Fsp3) is 0.800. The lowest BCUT2D eigenvalue weighted by atomic mass is 9.81. The van der Waals surface area contributed by atoms with Gasteiger partial charge in [-0.1, -0.05) is 41.5 Å². The van der Waals surface area contributed by atoms with E-state index in [1.165, 1.54) is 0 Å². The monoisotopic (exact) mass is 354 g/mol. The number of imidazole rings is 1. The first-order valence-electron chi connectivity index (χ1n) is 8.86. The van der Waals surface area contributed by atoms with E-state index in [1.54, 1.807) is 0 Å². The van der Waals surface area contributed by atoms with Crippen molar-refractivity contribution in [2.24, 2.45) is 10.8 Å². The molecule has 146 valence electrons. The van der Waals surface area contributed by atoms with Crippen LogP contribution in [0.25, 0.3) is 0 Å². The van der Waals surface area contributed by atoms with Crippen molar-refractivity contribution in [3.05, 3.63) is 18.7 Å². The van der Waals surface area contributed by atoms with Gasteiger partial charge in [0.25, 0.3) is 0 Å². The summed E-state index contributed by atoms with van der Waals surface area (Å²) < 4.78 is 4.76. The standard InChI is InChI=1S/C19H37N2.CH2O3/c1-16(2,3)13-18(7,8)20-11-12-21(15-20)19(9,10)14-17(4,5)6;2-1(3)4/h11-12,15H,13-14H2,1-10H3;(H2,2,3,4)/q+1;/p-1. The lowest BCUT2D eigenvalue weighted by Crippen LogP contribution is -2.53. The molecule has 1 heterocycles. The van der Waals surface area contributed by atoms with Crippen LogP contribution in [0.4, 0.5) is 4.79 Å². The summed E-state index contributed by atoms with van der Waals surface area (Å²) in [4.78, 5) is 8.44. The van der Waals surface area contributed by atoms with E-state index >= 15 is 0 Å². The first kappa shape index (κ1) is 23.5. The van der Waals surface area contributed by atoms with E-state index in [0.29, 0.717) is 10.8 Å². The van der Waals surface area contributed by atoms with Crippen LogP contribution in [-0.2, 0) is 11.1 Å². The number of aromatic nitrogens is 2. The number of nitrogens with zero attached hydrogens (tertiary/aromatic N) is 2. The van der Waals surface area contributed by atoms with Crippen molar-refractivity contribution >= 4 is 6.16 Å². The summed E-state index contributed by atoms with van der Waals surface area (Å²) in [7, 11) is 0. The minimum Gasteiger partial charge on any atom is -0.565 e. The van der Waals surface area contributed by atoms with Gasteiger partial charge in [0.2, 0.25) is 12.5 Å². The number of hydrogen-bond acceptors (Lipinski definition) is 2. The Hall–Kier alpha value is -1.52. The van der Waals surface area contributed by atoms with Gasteiger partial charge in [0.15, 0.2) is 0 Å². The Bertz CT molecular complexity index is 512. The molecule has 0 aliphatic carbocycles. The van der Waals surface area contributed by atoms with Crippen LogP contribution in [0.2, 0.25) is 0 Å². The third-order valence-electron chi connectivity index (χ3n) is 3.96. The summed E-state index contributed by atoms with van der Waals surface area (Å²) in [5, 5.41) is 15.3. The Balaban J connectivity index is 0.00000129. The SMILES string of the molecule is CC(C)(C)CC(C)(C)n1cc[n+](C(C)(C)CC(C)(C)C)c1.O=C([O-])O. The maximum atomic E-state index is 8.44. The Morgan fingerprint density at radius 1 is 0.960 bits per heavy atom. The third-order valence-corrected chi connectivity index (χ3v) is 3.96. The van der Waals surface area contributed by atoms with Crippen molar-refractivity contribution in [1.82, 2.24) is 4.57 Å². The normalized spacial score (nSPS) is 13.2. The quantitative estimate of drug-likeness (QED) is 0.831. The van der Waals surface area contributed by atoms with Crippen LogP contribution < -0.4 is 9.67 Å². The molecule has 1 aromatic heterocycles. The summed E-state index contributed by atoms with van der Waals surface area (Å²) in [5.41, 5.74) is 0.946. The molecule has 0 saturated carbocycles. The van der Waals surface area contributed by atoms with Crippen LogP contribution in [0, 0.1) is 10.8 Å². The van der Waals surface area contributed by atoms with Gasteiger partial charge in [-0.3, -0.25) is 0 Å². The average Bonchev–Trinajstić information content (AvgIpc) is 2.70. The molecule has 0 aliphatic heterocycles. The van der Waals surface area contributed by atoms with Gasteiger partial charge in [-0.25, -0.2) is 9.13 Å². The first-order chi connectivity index (χ1) is 10.9. The number of carbonyl (C=O) groups is 1. The third kappa shape index (κ3) is 9.51. The van der Waals surface area contributed by atoms with Crippen molar-refractivity contribution in [2.45, 2.75) is 93.2 Å². The van der Waals surface area contributed by atoms with Gasteiger partial charge in [-0.2, -0.15) is 0 Å². The summed E-state index contributed by atoms with van der Waals surface area (Å²) in [5.74, 6) is 0. The Kier molecular flexibility index (Phi) is 7.32. The van der Waals surface area contributed by atoms with Gasteiger partial charge in [0, 0.05) is 0 Å². The smallest absolute Gasteiger partial charge is 0.249 e. The van der Waals surface area contributed by atoms with Gasteiger partial charge in [-0.05, 0) is 51.4 Å². The molecule has 0 amide bonds. The van der Waals surface area contributed by atoms with E-state index in [1.807, 2.05) is 0 Å². The van der Waals surface area contributed by atoms with Gasteiger partial charge >= 0.3 is 0 Å². The van der Waals surface area contributed by atoms with Crippen LogP contribution in [0.3, 0.4) is 0 Å². The Morgan fingerprint density at radius 3 is 1.72 bits per heavy atom. The molecule has 0 aromatic carbocycles. The molecule has 0 saturated heterocycles. The number of hydrogen-bond donors (Lipinski definition) is 1. The maximum absolute atomic E-state index is 8.44. The van der Waals surface area contributed by atoms with Crippen molar-refractivity contribution in [3.8, 4) is 0 Å². The first-order valence-corrected chi connectivity index (χ1v) is 8.86. The molecule has 5 nitrogen and oxygen atoms in total. The predicted octanol–water partition coefficient (Wildman–Crippen LogP) is 4.01. The van der Waals surface area contributed by atoms with Crippen molar-refractivity contribution in [1.29, 1.82) is 0 Å². The molecule has 0 bridgehead atoms. The minimum atomic E-state index is -2.08. The van der Waals surface area contributed by atoms with E-state index < -0.39 is 6.16 Å². The lowest BCUT2D eigenvalue weighted by Gasteiger charge is -2.31. The van der Waals surface area contributed by atoms with Gasteiger partial charge in [-0.15, -0.1) is 0 Å². The second-order valence-electron chi connectivity index (χ2n) is 10.6. The van der Waals surface area contributed by atoms with Crippen molar-refractivity contribution in [3.63, 3.8) is 0 Å². The van der Waals surface area contributed by atoms with Crippen LogP contribution in [0.5, 0.6) is 0 Å². The summed E-state index contributed by atoms with van der Waals surface area (Å²) in [6, 6.07) is 0. The average molecular weight is 355 g/mol. The fourth-order valence-corrected chi connectivity index (χ4v) is 3.85. The Labute approximate surface area is 153 Å². The zero-order valence-corrected chi connectivity index (χ0v) is 17.8. The minimum absolute atomic E-state index is 0.140. The molecule has 0 radical (unpaired) electrons. The molecular weight excluding hydrogens is 316 g/mol. The van der Waals surface area contributed by atoms with Gasteiger partial charge < -0.3 is 15.0 Å². The second-order valence-corrected chi connectivity index (χ2v) is 10.6. The molecule has 0 spiro atoms. The van der Waals surface area contributed by atoms with Crippen LogP contribution in [0.1, 0.15) is 82.1 Å². The van der Waals surface area contributed by atoms with Gasteiger partial charge in [0.1, 0.15) is 23.5 Å². The highest BCUT2D eigenvalue weighted by Crippen LogP contribution is 2.32. The summed E-state index contributed by atoms with van der Waals surface area (Å²) in [6.45, 7) is 23.2. The predicted molar refractivity (Wildman–Crippen MR) is 99.4 cm³/mol. The maximum Gasteiger partial charge on any atom is 0.249 e. The zero-order chi connectivity index (χ0) is 20.3. The van der Waals surface area contributed by atoms with E-state index in [-0.39, 0.29) is 11.1 Å². The van der Waals surface area contributed by atoms with Crippen LogP contribution in [0.15, 0.2) is 18.7 Å². The van der Waals surface area contributed by atoms with E-state index in [4.69, 9.17) is 15.0 Å². The second kappa shape index (κ2) is 7.79. The molecule has 0 aliphatic rings. The molecule has 1 aromatic rings. The molecular formula is C20H38N2O3. The van der Waals surface area contributed by atoms with E-state index in [9.17, 15) is 0 Å². The largest absolute Gasteiger partial charge is 0.565 e. The molecule has 0 fully saturated rings. The Morgan fingerprint density at radius 2 is 1.36 bits per heavy atom. The highest BCUT2D eigenvalue weighted by Gasteiger charge is 2.35. The zero-order valence-electron chi connectivity index (χ0n) is 17.8. The number of carboxylic acid groups (broad SMARTS) is 2.